The van der Waals surface area contributed by atoms with E-state index < -0.39 is 11.6 Å². The average molecular weight is 536 g/mol. The predicted octanol–water partition coefficient (Wildman–Crippen LogP) is 6.17. The summed E-state index contributed by atoms with van der Waals surface area (Å²) in [6.45, 7) is 8.03. The van der Waals surface area contributed by atoms with Gasteiger partial charge in [0.2, 0.25) is 5.91 Å². The van der Waals surface area contributed by atoms with Crippen molar-refractivity contribution in [3.63, 3.8) is 0 Å². The zero-order valence-corrected chi connectivity index (χ0v) is 21.9. The molecule has 0 unspecified atom stereocenters. The quantitative estimate of drug-likeness (QED) is 0.392. The Bertz CT molecular complexity index is 1310. The highest BCUT2D eigenvalue weighted by molar-refractivity contribution is 9.10. The maximum atomic E-state index is 13.9. The lowest BCUT2D eigenvalue weighted by Gasteiger charge is -2.56. The Morgan fingerprint density at radius 1 is 1.06 bits per heavy atom. The number of amides is 1. The van der Waals surface area contributed by atoms with E-state index in [2.05, 4.69) is 32.6 Å². The third kappa shape index (κ3) is 3.77. The molecule has 3 atom stereocenters. The molecule has 3 aromatic rings. The van der Waals surface area contributed by atoms with Gasteiger partial charge in [0.25, 0.3) is 0 Å². The van der Waals surface area contributed by atoms with E-state index in [1.54, 1.807) is 0 Å². The van der Waals surface area contributed by atoms with E-state index in [0.717, 1.165) is 43.9 Å². The largest absolute Gasteiger partial charge is 0.467 e. The van der Waals surface area contributed by atoms with Crippen LogP contribution in [0.1, 0.15) is 35.2 Å². The van der Waals surface area contributed by atoms with E-state index in [1.807, 2.05) is 87.2 Å². The van der Waals surface area contributed by atoms with Gasteiger partial charge in [0.1, 0.15) is 11.7 Å². The van der Waals surface area contributed by atoms with Crippen molar-refractivity contribution < 1.29 is 9.53 Å². The first-order valence-corrected chi connectivity index (χ1v) is 12.4. The van der Waals surface area contributed by atoms with Gasteiger partial charge in [-0.05, 0) is 81.9 Å². The highest BCUT2D eigenvalue weighted by Gasteiger charge is 2.59. The predicted molar refractivity (Wildman–Crippen MR) is 143 cm³/mol. The molecule has 2 heterocycles. The van der Waals surface area contributed by atoms with Gasteiger partial charge in [0.15, 0.2) is 10.8 Å². The number of carbonyl (C=O) groups is 1. The maximum absolute atomic E-state index is 13.9. The minimum atomic E-state index is -1.04. The molecule has 7 heteroatoms. The van der Waals surface area contributed by atoms with Crippen LogP contribution >= 0.6 is 28.1 Å². The van der Waals surface area contributed by atoms with Crippen LogP contribution in [-0.2, 0) is 4.79 Å². The van der Waals surface area contributed by atoms with Crippen molar-refractivity contribution in [2.24, 2.45) is 5.92 Å². The molecule has 2 aliphatic heterocycles. The number of aryl methyl sites for hydroxylation is 3. The Kier molecular flexibility index (Phi) is 5.65. The van der Waals surface area contributed by atoms with Crippen LogP contribution in [0.2, 0.25) is 0 Å². The molecule has 5 nitrogen and oxygen atoms in total. The van der Waals surface area contributed by atoms with Crippen molar-refractivity contribution in [2.45, 2.75) is 39.5 Å². The number of halogens is 1. The summed E-state index contributed by atoms with van der Waals surface area (Å²) in [5.41, 5.74) is 4.84. The van der Waals surface area contributed by atoms with Gasteiger partial charge in [0, 0.05) is 21.4 Å². The van der Waals surface area contributed by atoms with Gasteiger partial charge >= 0.3 is 0 Å². The summed E-state index contributed by atoms with van der Waals surface area (Å²) in [4.78, 5) is 15.9. The molecule has 1 amide bonds. The minimum Gasteiger partial charge on any atom is -0.467 e. The molecule has 0 aromatic heterocycles. The van der Waals surface area contributed by atoms with E-state index >= 15 is 0 Å². The summed E-state index contributed by atoms with van der Waals surface area (Å²) in [7, 11) is 0. The fraction of sp³-hybridized carbons (Fsp3) is 0.259. The molecule has 1 fully saturated rings. The Balaban J connectivity index is 1.63. The van der Waals surface area contributed by atoms with Crippen LogP contribution < -0.4 is 20.3 Å². The fourth-order valence-corrected chi connectivity index (χ4v) is 5.79. The molecule has 0 saturated carbocycles. The number of benzene rings is 3. The van der Waals surface area contributed by atoms with Gasteiger partial charge in [-0.25, -0.2) is 0 Å². The highest BCUT2D eigenvalue weighted by Crippen LogP contribution is 2.50. The third-order valence-electron chi connectivity index (χ3n) is 6.67. The van der Waals surface area contributed by atoms with Crippen LogP contribution in [0.3, 0.4) is 0 Å². The van der Waals surface area contributed by atoms with E-state index in [1.165, 1.54) is 0 Å². The first kappa shape index (κ1) is 22.9. The normalized spacial score (nSPS) is 23.0. The summed E-state index contributed by atoms with van der Waals surface area (Å²) in [6, 6.07) is 19.6. The number of fused-ring (bicyclic) bond motifs is 4. The molecule has 0 spiro atoms. The molecule has 1 saturated heterocycles. The lowest BCUT2D eigenvalue weighted by atomic mass is 9.78. The number of hydrogen-bond donors (Lipinski definition) is 2. The van der Waals surface area contributed by atoms with E-state index in [-0.39, 0.29) is 11.9 Å². The maximum Gasteiger partial charge on any atom is 0.236 e. The molecular weight excluding hydrogens is 510 g/mol. The van der Waals surface area contributed by atoms with Crippen LogP contribution in [0, 0.1) is 26.7 Å². The number of hydrogen-bond acceptors (Lipinski definition) is 3. The summed E-state index contributed by atoms with van der Waals surface area (Å²) in [5.74, 6) is 0.0265. The average Bonchev–Trinajstić information content (AvgIpc) is 2.77. The van der Waals surface area contributed by atoms with Crippen molar-refractivity contribution in [3.05, 3.63) is 87.4 Å². The molecule has 0 radical (unpaired) electrons. The number of rotatable bonds is 3. The lowest BCUT2D eigenvalue weighted by molar-refractivity contribution is -0.130. The minimum absolute atomic E-state index is 0.128. The standard InChI is InChI=1S/C27H26BrN3O2S/c1-15-5-9-19(10-6-15)31-26(34)30-24-20-14-18(28)8-12-22(20)33-27(31,4)23(24)25(32)29-21-11-7-16(2)13-17(21)3/h5-14,23-24H,1-4H3,(H,29,32)(H,30,34)/t23-,24+,27+/m1/s1. The SMILES string of the molecule is Cc1ccc(N2C(=S)N[C@H]3c4cc(Br)ccc4O[C@@]2(C)[C@H]3C(=O)Nc2ccc(C)cc2C)cc1. The summed E-state index contributed by atoms with van der Waals surface area (Å²) >= 11 is 9.39. The Hall–Kier alpha value is -2.90. The van der Waals surface area contributed by atoms with Crippen molar-refractivity contribution >= 4 is 50.5 Å². The third-order valence-corrected chi connectivity index (χ3v) is 7.47. The molecule has 174 valence electrons. The lowest BCUT2D eigenvalue weighted by Crippen LogP contribution is -2.72. The molecular formula is C27H26BrN3O2S. The number of carbonyl (C=O) groups excluding carboxylic acids is 1. The molecule has 0 aliphatic carbocycles. The van der Waals surface area contributed by atoms with Crippen LogP contribution in [0.5, 0.6) is 5.75 Å². The topological polar surface area (TPSA) is 53.6 Å². The number of ether oxygens (including phenoxy) is 1. The monoisotopic (exact) mass is 535 g/mol. The number of anilines is 2. The second-order valence-electron chi connectivity index (χ2n) is 9.22. The van der Waals surface area contributed by atoms with Crippen molar-refractivity contribution in [3.8, 4) is 5.75 Å². The van der Waals surface area contributed by atoms with Crippen molar-refractivity contribution in [2.75, 3.05) is 10.2 Å². The first-order chi connectivity index (χ1) is 16.2. The molecule has 2 bridgehead atoms. The van der Waals surface area contributed by atoms with Crippen molar-refractivity contribution in [1.82, 2.24) is 5.32 Å². The van der Waals surface area contributed by atoms with Gasteiger partial charge in [-0.3, -0.25) is 9.69 Å². The number of thiocarbonyl (C=S) groups is 1. The van der Waals surface area contributed by atoms with Crippen LogP contribution in [0.25, 0.3) is 0 Å². The fourth-order valence-electron chi connectivity index (χ4n) is 5.00. The second kappa shape index (κ2) is 8.40. The molecule has 5 rings (SSSR count). The Morgan fingerprint density at radius 2 is 1.76 bits per heavy atom. The molecule has 3 aromatic carbocycles. The number of nitrogens with one attached hydrogen (secondary N) is 2. The molecule has 2 N–H and O–H groups in total. The Morgan fingerprint density at radius 3 is 2.47 bits per heavy atom. The van der Waals surface area contributed by atoms with Gasteiger partial charge in [0.05, 0.1) is 6.04 Å². The van der Waals surface area contributed by atoms with Crippen LogP contribution in [0.15, 0.2) is 65.1 Å². The highest BCUT2D eigenvalue weighted by atomic mass is 79.9. The molecule has 2 aliphatic rings. The van der Waals surface area contributed by atoms with Gasteiger partial charge in [-0.1, -0.05) is 51.3 Å². The van der Waals surface area contributed by atoms with Gasteiger partial charge in [-0.2, -0.15) is 0 Å². The first-order valence-electron chi connectivity index (χ1n) is 11.2. The number of nitrogens with zero attached hydrogens (tertiary/aromatic N) is 1. The van der Waals surface area contributed by atoms with E-state index in [4.69, 9.17) is 17.0 Å². The Labute approximate surface area is 213 Å². The molecule has 34 heavy (non-hydrogen) atoms. The van der Waals surface area contributed by atoms with E-state index in [0.29, 0.717) is 5.11 Å². The summed E-state index contributed by atoms with van der Waals surface area (Å²) < 4.78 is 7.57. The van der Waals surface area contributed by atoms with Gasteiger partial charge in [-0.15, -0.1) is 0 Å². The smallest absolute Gasteiger partial charge is 0.236 e. The zero-order chi connectivity index (χ0) is 24.2. The van der Waals surface area contributed by atoms with E-state index in [9.17, 15) is 4.79 Å². The zero-order valence-electron chi connectivity index (χ0n) is 19.5. The summed E-state index contributed by atoms with van der Waals surface area (Å²) in [5, 5.41) is 7.14. The van der Waals surface area contributed by atoms with Gasteiger partial charge < -0.3 is 15.4 Å². The van der Waals surface area contributed by atoms with Crippen LogP contribution in [-0.4, -0.2) is 16.7 Å². The second-order valence-corrected chi connectivity index (χ2v) is 10.5. The summed E-state index contributed by atoms with van der Waals surface area (Å²) in [6.07, 6.45) is 0. The van der Waals surface area contributed by atoms with Crippen LogP contribution in [0.4, 0.5) is 11.4 Å². The van der Waals surface area contributed by atoms with Crippen molar-refractivity contribution in [1.29, 1.82) is 0 Å².